The first-order valence-electron chi connectivity index (χ1n) is 5.62. The van der Waals surface area contributed by atoms with Crippen molar-refractivity contribution in [3.05, 3.63) is 33.8 Å². The Labute approximate surface area is 112 Å². The number of esters is 1. The molecule has 0 spiro atoms. The second-order valence-corrected chi connectivity index (χ2v) is 4.56. The largest absolute Gasteiger partial charge is 0.467 e. The maximum atomic E-state index is 10.9. The molecular formula is C13H18ClNO3. The molecule has 1 rings (SSSR count). The summed E-state index contributed by atoms with van der Waals surface area (Å²) in [5, 5.41) is 0.618. The van der Waals surface area contributed by atoms with Crippen molar-refractivity contribution in [2.75, 3.05) is 20.3 Å². The predicted molar refractivity (Wildman–Crippen MR) is 70.7 cm³/mol. The van der Waals surface area contributed by atoms with Crippen LogP contribution < -0.4 is 5.73 Å². The minimum absolute atomic E-state index is 0.105. The van der Waals surface area contributed by atoms with Gasteiger partial charge in [-0.1, -0.05) is 17.7 Å². The number of halogens is 1. The molecule has 0 amide bonds. The van der Waals surface area contributed by atoms with Crippen LogP contribution in [0.25, 0.3) is 0 Å². The van der Waals surface area contributed by atoms with Gasteiger partial charge in [0.25, 0.3) is 0 Å². The first-order chi connectivity index (χ1) is 8.45. The van der Waals surface area contributed by atoms with E-state index >= 15 is 0 Å². The second-order valence-electron chi connectivity index (χ2n) is 4.16. The fourth-order valence-electron chi connectivity index (χ4n) is 1.51. The molecule has 18 heavy (non-hydrogen) atoms. The molecule has 4 nitrogen and oxygen atoms in total. The van der Waals surface area contributed by atoms with Gasteiger partial charge in [-0.2, -0.15) is 0 Å². The maximum absolute atomic E-state index is 10.9. The van der Waals surface area contributed by atoms with Crippen LogP contribution in [-0.4, -0.2) is 26.3 Å². The maximum Gasteiger partial charge on any atom is 0.331 e. The molecule has 100 valence electrons. The highest BCUT2D eigenvalue weighted by atomic mass is 35.5. The Morgan fingerprint density at radius 3 is 2.61 bits per heavy atom. The van der Waals surface area contributed by atoms with Crippen LogP contribution in [0.5, 0.6) is 0 Å². The molecule has 0 aliphatic carbocycles. The molecule has 5 heteroatoms. The number of methoxy groups -OCH3 is 1. The molecule has 2 N–H and O–H groups in total. The van der Waals surface area contributed by atoms with E-state index in [1.54, 1.807) is 0 Å². The molecule has 1 aromatic rings. The van der Waals surface area contributed by atoms with E-state index in [1.165, 1.54) is 7.11 Å². The third-order valence-electron chi connectivity index (χ3n) is 2.76. The predicted octanol–water partition coefficient (Wildman–Crippen LogP) is 2.15. The lowest BCUT2D eigenvalue weighted by Gasteiger charge is -2.15. The Kier molecular flexibility index (Phi) is 5.59. The molecule has 1 aromatic carbocycles. The van der Waals surface area contributed by atoms with Gasteiger partial charge in [-0.25, -0.2) is 4.79 Å². The van der Waals surface area contributed by atoms with Gasteiger partial charge in [-0.3, -0.25) is 0 Å². The van der Waals surface area contributed by atoms with Gasteiger partial charge in [-0.15, -0.1) is 0 Å². The Bertz CT molecular complexity index is 434. The number of benzene rings is 1. The SMILES string of the molecule is COC(=O)COCC(N)c1cc(C)c(C)cc1Cl. The Morgan fingerprint density at radius 2 is 2.00 bits per heavy atom. The van der Waals surface area contributed by atoms with Crippen molar-refractivity contribution < 1.29 is 14.3 Å². The topological polar surface area (TPSA) is 61.5 Å². The number of rotatable bonds is 5. The van der Waals surface area contributed by atoms with E-state index in [9.17, 15) is 4.79 Å². The van der Waals surface area contributed by atoms with Crippen LogP contribution in [-0.2, 0) is 14.3 Å². The second kappa shape index (κ2) is 6.73. The molecule has 1 atom stereocenters. The van der Waals surface area contributed by atoms with Crippen LogP contribution in [0.1, 0.15) is 22.7 Å². The van der Waals surface area contributed by atoms with Gasteiger partial charge in [0.05, 0.1) is 19.8 Å². The molecule has 0 radical (unpaired) electrons. The van der Waals surface area contributed by atoms with E-state index in [-0.39, 0.29) is 19.3 Å². The standard InChI is InChI=1S/C13H18ClNO3/c1-8-4-10(11(14)5-9(8)2)12(15)6-18-7-13(16)17-3/h4-5,12H,6-7,15H2,1-3H3. The van der Waals surface area contributed by atoms with Gasteiger partial charge < -0.3 is 15.2 Å². The molecule has 0 aliphatic rings. The van der Waals surface area contributed by atoms with E-state index in [1.807, 2.05) is 26.0 Å². The average molecular weight is 272 g/mol. The normalized spacial score (nSPS) is 12.3. The lowest BCUT2D eigenvalue weighted by atomic mass is 10.0. The molecule has 0 aliphatic heterocycles. The Hall–Kier alpha value is -1.10. The van der Waals surface area contributed by atoms with Gasteiger partial charge >= 0.3 is 5.97 Å². The summed E-state index contributed by atoms with van der Waals surface area (Å²) in [4.78, 5) is 10.9. The van der Waals surface area contributed by atoms with Crippen LogP contribution >= 0.6 is 11.6 Å². The molecule has 0 heterocycles. The van der Waals surface area contributed by atoms with Crippen LogP contribution in [0.3, 0.4) is 0 Å². The minimum atomic E-state index is -0.423. The summed E-state index contributed by atoms with van der Waals surface area (Å²) in [5.74, 6) is -0.423. The monoisotopic (exact) mass is 271 g/mol. The smallest absolute Gasteiger partial charge is 0.331 e. The van der Waals surface area contributed by atoms with E-state index < -0.39 is 5.97 Å². The highest BCUT2D eigenvalue weighted by molar-refractivity contribution is 6.31. The number of hydrogen-bond acceptors (Lipinski definition) is 4. The summed E-state index contributed by atoms with van der Waals surface area (Å²) in [7, 11) is 1.31. The third kappa shape index (κ3) is 3.98. The number of ether oxygens (including phenoxy) is 2. The zero-order chi connectivity index (χ0) is 13.7. The van der Waals surface area contributed by atoms with Crippen molar-refractivity contribution in [3.8, 4) is 0 Å². The van der Waals surface area contributed by atoms with Crippen LogP contribution in [0.4, 0.5) is 0 Å². The number of nitrogens with two attached hydrogens (primary N) is 1. The molecular weight excluding hydrogens is 254 g/mol. The van der Waals surface area contributed by atoms with Crippen LogP contribution in [0.15, 0.2) is 12.1 Å². The van der Waals surface area contributed by atoms with Crippen molar-refractivity contribution in [1.29, 1.82) is 0 Å². The molecule has 0 saturated carbocycles. The Morgan fingerprint density at radius 1 is 1.39 bits per heavy atom. The minimum Gasteiger partial charge on any atom is -0.467 e. The van der Waals surface area contributed by atoms with Crippen molar-refractivity contribution in [1.82, 2.24) is 0 Å². The number of carbonyl (C=O) groups excluding carboxylic acids is 1. The summed E-state index contributed by atoms with van der Waals surface area (Å²) >= 11 is 6.14. The number of aryl methyl sites for hydroxylation is 2. The van der Waals surface area contributed by atoms with Crippen molar-refractivity contribution >= 4 is 17.6 Å². The molecule has 0 fully saturated rings. The van der Waals surface area contributed by atoms with Gasteiger partial charge in [0, 0.05) is 5.02 Å². The van der Waals surface area contributed by atoms with Crippen molar-refractivity contribution in [2.45, 2.75) is 19.9 Å². The van der Waals surface area contributed by atoms with Gasteiger partial charge in [-0.05, 0) is 36.6 Å². The number of carbonyl (C=O) groups is 1. The van der Waals surface area contributed by atoms with Crippen LogP contribution in [0.2, 0.25) is 5.02 Å². The lowest BCUT2D eigenvalue weighted by molar-refractivity contribution is -0.146. The molecule has 0 bridgehead atoms. The Balaban J connectivity index is 2.64. The van der Waals surface area contributed by atoms with Crippen molar-refractivity contribution in [2.24, 2.45) is 5.73 Å². The first-order valence-corrected chi connectivity index (χ1v) is 6.00. The highest BCUT2D eigenvalue weighted by Gasteiger charge is 2.13. The lowest BCUT2D eigenvalue weighted by Crippen LogP contribution is -2.21. The van der Waals surface area contributed by atoms with E-state index in [4.69, 9.17) is 22.1 Å². The van der Waals surface area contributed by atoms with Gasteiger partial charge in [0.15, 0.2) is 0 Å². The molecule has 0 saturated heterocycles. The fourth-order valence-corrected chi connectivity index (χ4v) is 1.86. The van der Waals surface area contributed by atoms with E-state index in [2.05, 4.69) is 4.74 Å². The summed E-state index contributed by atoms with van der Waals surface area (Å²) in [6.07, 6.45) is 0. The van der Waals surface area contributed by atoms with Crippen LogP contribution in [0, 0.1) is 13.8 Å². The average Bonchev–Trinajstić information content (AvgIpc) is 2.33. The quantitative estimate of drug-likeness (QED) is 0.834. The van der Waals surface area contributed by atoms with Gasteiger partial charge in [0.2, 0.25) is 0 Å². The highest BCUT2D eigenvalue weighted by Crippen LogP contribution is 2.25. The van der Waals surface area contributed by atoms with Crippen molar-refractivity contribution in [3.63, 3.8) is 0 Å². The fraction of sp³-hybridized carbons (Fsp3) is 0.462. The third-order valence-corrected chi connectivity index (χ3v) is 3.08. The number of hydrogen-bond donors (Lipinski definition) is 1. The zero-order valence-corrected chi connectivity index (χ0v) is 11.6. The van der Waals surface area contributed by atoms with E-state index in [0.717, 1.165) is 16.7 Å². The zero-order valence-electron chi connectivity index (χ0n) is 10.8. The van der Waals surface area contributed by atoms with E-state index in [0.29, 0.717) is 5.02 Å². The summed E-state index contributed by atoms with van der Waals surface area (Å²) in [6.45, 7) is 4.10. The molecule has 0 aromatic heterocycles. The van der Waals surface area contributed by atoms with Gasteiger partial charge in [0.1, 0.15) is 6.61 Å². The summed E-state index contributed by atoms with van der Waals surface area (Å²) in [5.41, 5.74) is 9.04. The molecule has 1 unspecified atom stereocenters. The summed E-state index contributed by atoms with van der Waals surface area (Å²) in [6, 6.07) is 3.47. The first kappa shape index (κ1) is 15.0. The summed E-state index contributed by atoms with van der Waals surface area (Å²) < 4.78 is 9.63.